The molecule has 1 aromatic heterocycles. The van der Waals surface area contributed by atoms with Crippen LogP contribution in [0.4, 0.5) is 8.78 Å². The standard InChI is InChI=1S/C11H11BrF2N2O/c1-8-11(17)3-5-16(15-8)10(2-4-13)6-9(14)7-12/h2-3,5-6H,4,7H2,1H3/b9-6+,10-2+. The molecular weight excluding hydrogens is 294 g/mol. The second kappa shape index (κ2) is 6.44. The topological polar surface area (TPSA) is 34.9 Å². The third-order valence-electron chi connectivity index (χ3n) is 1.96. The zero-order valence-electron chi connectivity index (χ0n) is 9.16. The normalized spacial score (nSPS) is 12.9. The fourth-order valence-corrected chi connectivity index (χ4v) is 1.31. The molecule has 0 saturated carbocycles. The van der Waals surface area contributed by atoms with E-state index in [1.165, 1.54) is 29.9 Å². The van der Waals surface area contributed by atoms with Gasteiger partial charge in [0.15, 0.2) is 0 Å². The molecule has 1 heterocycles. The SMILES string of the molecule is Cc1nn(C(/C=C(/F)CBr)=C/CF)ccc1=O. The van der Waals surface area contributed by atoms with Gasteiger partial charge in [0.2, 0.25) is 5.43 Å². The van der Waals surface area contributed by atoms with E-state index >= 15 is 0 Å². The van der Waals surface area contributed by atoms with Gasteiger partial charge in [-0.05, 0) is 19.1 Å². The third kappa shape index (κ3) is 3.89. The van der Waals surface area contributed by atoms with Crippen LogP contribution in [0.25, 0.3) is 5.70 Å². The van der Waals surface area contributed by atoms with Crippen LogP contribution < -0.4 is 5.43 Å². The Morgan fingerprint density at radius 1 is 1.65 bits per heavy atom. The molecule has 0 spiro atoms. The van der Waals surface area contributed by atoms with Gasteiger partial charge in [-0.25, -0.2) is 13.5 Å². The van der Waals surface area contributed by atoms with Crippen molar-refractivity contribution in [2.45, 2.75) is 6.92 Å². The lowest BCUT2D eigenvalue weighted by molar-refractivity contribution is 0.560. The molecule has 0 aliphatic rings. The summed E-state index contributed by atoms with van der Waals surface area (Å²) in [4.78, 5) is 11.2. The van der Waals surface area contributed by atoms with Crippen molar-refractivity contribution in [1.82, 2.24) is 9.78 Å². The fraction of sp³-hybridized carbons (Fsp3) is 0.273. The van der Waals surface area contributed by atoms with Crippen molar-refractivity contribution in [3.8, 4) is 0 Å². The molecule has 3 nitrogen and oxygen atoms in total. The van der Waals surface area contributed by atoms with Crippen LogP contribution in [-0.4, -0.2) is 21.8 Å². The number of alkyl halides is 2. The van der Waals surface area contributed by atoms with Crippen LogP contribution in [0.3, 0.4) is 0 Å². The number of allylic oxidation sites excluding steroid dienone is 4. The quantitative estimate of drug-likeness (QED) is 0.633. The average molecular weight is 305 g/mol. The predicted molar refractivity (Wildman–Crippen MR) is 66.5 cm³/mol. The maximum atomic E-state index is 13.1. The van der Waals surface area contributed by atoms with E-state index in [-0.39, 0.29) is 22.1 Å². The van der Waals surface area contributed by atoms with Crippen molar-refractivity contribution in [2.75, 3.05) is 12.0 Å². The molecule has 0 amide bonds. The monoisotopic (exact) mass is 304 g/mol. The summed E-state index contributed by atoms with van der Waals surface area (Å²) in [6.07, 6.45) is 3.71. The van der Waals surface area contributed by atoms with E-state index in [2.05, 4.69) is 21.0 Å². The van der Waals surface area contributed by atoms with Crippen molar-refractivity contribution >= 4 is 21.6 Å². The number of halogens is 3. The van der Waals surface area contributed by atoms with Gasteiger partial charge in [-0.1, -0.05) is 15.9 Å². The summed E-state index contributed by atoms with van der Waals surface area (Å²) in [7, 11) is 0. The van der Waals surface area contributed by atoms with Gasteiger partial charge in [-0.2, -0.15) is 5.10 Å². The summed E-state index contributed by atoms with van der Waals surface area (Å²) in [6, 6.07) is 1.30. The van der Waals surface area contributed by atoms with Crippen molar-refractivity contribution in [3.05, 3.63) is 46.2 Å². The van der Waals surface area contributed by atoms with E-state index in [4.69, 9.17) is 0 Å². The number of hydrogen-bond acceptors (Lipinski definition) is 2. The van der Waals surface area contributed by atoms with E-state index in [1.54, 1.807) is 0 Å². The van der Waals surface area contributed by atoms with Crippen molar-refractivity contribution in [1.29, 1.82) is 0 Å². The molecule has 6 heteroatoms. The van der Waals surface area contributed by atoms with Gasteiger partial charge in [0.25, 0.3) is 0 Å². The van der Waals surface area contributed by atoms with Crippen LogP contribution in [0.5, 0.6) is 0 Å². The van der Waals surface area contributed by atoms with Gasteiger partial charge in [0.1, 0.15) is 18.2 Å². The molecule has 1 aromatic rings. The Morgan fingerprint density at radius 2 is 2.35 bits per heavy atom. The lowest BCUT2D eigenvalue weighted by Crippen LogP contribution is -2.13. The summed E-state index contributed by atoms with van der Waals surface area (Å²) in [5, 5.41) is 3.96. The molecule has 0 atom stereocenters. The Labute approximate surface area is 106 Å². The molecule has 17 heavy (non-hydrogen) atoms. The Morgan fingerprint density at radius 3 is 2.88 bits per heavy atom. The van der Waals surface area contributed by atoms with E-state index in [9.17, 15) is 13.6 Å². The smallest absolute Gasteiger partial charge is 0.203 e. The number of nitrogens with zero attached hydrogens (tertiary/aromatic N) is 2. The van der Waals surface area contributed by atoms with Crippen LogP contribution in [0.15, 0.2) is 35.0 Å². The number of rotatable bonds is 4. The van der Waals surface area contributed by atoms with Crippen LogP contribution >= 0.6 is 15.9 Å². The minimum absolute atomic E-state index is 0.0375. The van der Waals surface area contributed by atoms with Crippen molar-refractivity contribution in [2.24, 2.45) is 0 Å². The first-order valence-electron chi connectivity index (χ1n) is 4.83. The van der Waals surface area contributed by atoms with Gasteiger partial charge in [-0.15, -0.1) is 0 Å². The van der Waals surface area contributed by atoms with Crippen LogP contribution in [0.1, 0.15) is 5.69 Å². The second-order valence-corrected chi connectivity index (χ2v) is 3.78. The molecule has 0 aliphatic carbocycles. The zero-order chi connectivity index (χ0) is 12.8. The molecule has 0 unspecified atom stereocenters. The molecule has 1 rings (SSSR count). The highest BCUT2D eigenvalue weighted by Gasteiger charge is 2.02. The summed E-state index contributed by atoms with van der Waals surface area (Å²) in [5.41, 5.74) is 0.295. The number of aryl methyl sites for hydroxylation is 1. The lowest BCUT2D eigenvalue weighted by Gasteiger charge is -2.06. The zero-order valence-corrected chi connectivity index (χ0v) is 10.7. The highest BCUT2D eigenvalue weighted by atomic mass is 79.9. The first kappa shape index (κ1) is 13.8. The van der Waals surface area contributed by atoms with E-state index in [1.807, 2.05) is 0 Å². The highest BCUT2D eigenvalue weighted by molar-refractivity contribution is 9.09. The summed E-state index contributed by atoms with van der Waals surface area (Å²) in [5.74, 6) is -0.456. The molecule has 0 saturated heterocycles. The Bertz CT molecular complexity index is 508. The largest absolute Gasteiger partial charge is 0.288 e. The van der Waals surface area contributed by atoms with Crippen LogP contribution in [0.2, 0.25) is 0 Å². The van der Waals surface area contributed by atoms with E-state index < -0.39 is 12.5 Å². The predicted octanol–water partition coefficient (Wildman–Crippen LogP) is 2.61. The van der Waals surface area contributed by atoms with Gasteiger partial charge >= 0.3 is 0 Å². The Kier molecular flexibility index (Phi) is 5.21. The van der Waals surface area contributed by atoms with Crippen molar-refractivity contribution < 1.29 is 8.78 Å². The molecule has 0 fully saturated rings. The molecule has 0 bridgehead atoms. The summed E-state index contributed by atoms with van der Waals surface area (Å²) >= 11 is 2.95. The molecule has 92 valence electrons. The number of hydrogen-bond donors (Lipinski definition) is 0. The fourth-order valence-electron chi connectivity index (χ4n) is 1.14. The molecular formula is C11H11BrF2N2O. The Hall–Kier alpha value is -1.30. The first-order valence-corrected chi connectivity index (χ1v) is 5.95. The third-order valence-corrected chi connectivity index (χ3v) is 2.50. The van der Waals surface area contributed by atoms with Gasteiger partial charge < -0.3 is 0 Å². The number of aromatic nitrogens is 2. The second-order valence-electron chi connectivity index (χ2n) is 3.22. The average Bonchev–Trinajstić information content (AvgIpc) is 2.32. The molecule has 0 aliphatic heterocycles. The minimum atomic E-state index is -0.742. The Balaban J connectivity index is 3.20. The molecule has 0 aromatic carbocycles. The van der Waals surface area contributed by atoms with E-state index in [0.29, 0.717) is 0 Å². The highest BCUT2D eigenvalue weighted by Crippen LogP contribution is 2.11. The first-order chi connectivity index (χ1) is 8.08. The van der Waals surface area contributed by atoms with Crippen LogP contribution in [-0.2, 0) is 0 Å². The lowest BCUT2D eigenvalue weighted by atomic mass is 10.3. The summed E-state index contributed by atoms with van der Waals surface area (Å²) < 4.78 is 26.7. The van der Waals surface area contributed by atoms with Crippen molar-refractivity contribution in [3.63, 3.8) is 0 Å². The maximum absolute atomic E-state index is 13.1. The molecule has 0 radical (unpaired) electrons. The van der Waals surface area contributed by atoms with Gasteiger partial charge in [0.05, 0.1) is 11.0 Å². The van der Waals surface area contributed by atoms with Crippen LogP contribution in [0, 0.1) is 6.92 Å². The maximum Gasteiger partial charge on any atom is 0.203 e. The molecule has 0 N–H and O–H groups in total. The summed E-state index contributed by atoms with van der Waals surface area (Å²) in [6.45, 7) is 0.796. The minimum Gasteiger partial charge on any atom is -0.288 e. The van der Waals surface area contributed by atoms with E-state index in [0.717, 1.165) is 6.08 Å². The van der Waals surface area contributed by atoms with Gasteiger partial charge in [-0.3, -0.25) is 4.79 Å². The van der Waals surface area contributed by atoms with Gasteiger partial charge in [0, 0.05) is 12.3 Å².